The minimum absolute atomic E-state index is 0.0541. The zero-order valence-corrected chi connectivity index (χ0v) is 17.7. The normalized spacial score (nSPS) is 13.0. The number of thiazole rings is 1. The van der Waals surface area contributed by atoms with Crippen molar-refractivity contribution >= 4 is 45.0 Å². The van der Waals surface area contributed by atoms with Gasteiger partial charge in [0.05, 0.1) is 15.9 Å². The number of carbonyl (C=O) groups is 1. The highest BCUT2D eigenvalue weighted by atomic mass is 32.2. The van der Waals surface area contributed by atoms with Crippen molar-refractivity contribution in [2.24, 2.45) is 0 Å². The molecule has 152 valence electrons. The second kappa shape index (κ2) is 8.20. The van der Waals surface area contributed by atoms with Crippen LogP contribution in [-0.4, -0.2) is 26.4 Å². The van der Waals surface area contributed by atoms with Crippen molar-refractivity contribution in [1.29, 1.82) is 0 Å². The Labute approximate surface area is 181 Å². The second-order valence-electron chi connectivity index (χ2n) is 7.10. The molecule has 5 rings (SSSR count). The third-order valence-corrected chi connectivity index (χ3v) is 7.07. The van der Waals surface area contributed by atoms with Crippen LogP contribution in [0.3, 0.4) is 0 Å². The number of thioether (sulfide) groups is 1. The van der Waals surface area contributed by atoms with Crippen LogP contribution in [0.4, 0.5) is 10.2 Å². The van der Waals surface area contributed by atoms with Crippen LogP contribution in [0.5, 0.6) is 0 Å². The topological polar surface area (TPSA) is 59.8 Å². The van der Waals surface area contributed by atoms with Crippen LogP contribution < -0.4 is 5.32 Å². The Kier molecular flexibility index (Phi) is 5.26. The third kappa shape index (κ3) is 3.85. The van der Waals surface area contributed by atoms with Crippen LogP contribution in [0, 0.1) is 5.82 Å². The van der Waals surface area contributed by atoms with Crippen LogP contribution in [0.1, 0.15) is 24.1 Å². The highest BCUT2D eigenvalue weighted by molar-refractivity contribution is 7.99. The minimum Gasteiger partial charge on any atom is -0.310 e. The van der Waals surface area contributed by atoms with E-state index in [1.54, 1.807) is 28.2 Å². The van der Waals surface area contributed by atoms with Gasteiger partial charge in [-0.1, -0.05) is 23.5 Å². The molecule has 30 heavy (non-hydrogen) atoms. The molecule has 0 saturated carbocycles. The first kappa shape index (κ1) is 19.3. The maximum absolute atomic E-state index is 13.0. The highest BCUT2D eigenvalue weighted by Gasteiger charge is 2.25. The molecule has 8 heteroatoms. The number of aromatic nitrogens is 3. The fourth-order valence-corrected chi connectivity index (χ4v) is 5.37. The van der Waals surface area contributed by atoms with E-state index in [9.17, 15) is 9.18 Å². The highest BCUT2D eigenvalue weighted by Crippen LogP contribution is 2.33. The molecule has 0 atom stereocenters. The molecular formula is C22H19FN4OS2. The monoisotopic (exact) mass is 438 g/mol. The fraction of sp³-hybridized carbons (Fsp3) is 0.227. The first-order valence-electron chi connectivity index (χ1n) is 9.82. The van der Waals surface area contributed by atoms with E-state index in [0.29, 0.717) is 12.2 Å². The van der Waals surface area contributed by atoms with Crippen LogP contribution in [0.2, 0.25) is 0 Å². The van der Waals surface area contributed by atoms with Crippen molar-refractivity contribution in [3.05, 3.63) is 65.6 Å². The number of carbonyl (C=O) groups excluding carboxylic acids is 1. The number of amides is 1. The predicted octanol–water partition coefficient (Wildman–Crippen LogP) is 5.23. The average molecular weight is 439 g/mol. The van der Waals surface area contributed by atoms with Gasteiger partial charge in [-0.2, -0.15) is 9.78 Å². The fourth-order valence-electron chi connectivity index (χ4n) is 3.60. The maximum atomic E-state index is 13.0. The van der Waals surface area contributed by atoms with E-state index in [2.05, 4.69) is 5.32 Å². The van der Waals surface area contributed by atoms with Crippen molar-refractivity contribution in [1.82, 2.24) is 14.8 Å². The molecular weight excluding hydrogens is 419 g/mol. The van der Waals surface area contributed by atoms with E-state index in [4.69, 9.17) is 10.1 Å². The summed E-state index contributed by atoms with van der Waals surface area (Å²) in [6.45, 7) is 0. The van der Waals surface area contributed by atoms with Crippen LogP contribution >= 0.6 is 23.1 Å². The van der Waals surface area contributed by atoms with Gasteiger partial charge in [0, 0.05) is 22.6 Å². The molecule has 2 aromatic carbocycles. The summed E-state index contributed by atoms with van der Waals surface area (Å²) in [6, 6.07) is 14.3. The summed E-state index contributed by atoms with van der Waals surface area (Å²) in [6.07, 6.45) is 3.26. The van der Waals surface area contributed by atoms with Gasteiger partial charge < -0.3 is 5.32 Å². The smallest absolute Gasteiger partial charge is 0.226 e. The van der Waals surface area contributed by atoms with Crippen molar-refractivity contribution in [3.8, 4) is 5.13 Å². The molecule has 4 aromatic rings. The largest absolute Gasteiger partial charge is 0.310 e. The number of fused-ring (bicyclic) bond motifs is 2. The molecule has 1 amide bonds. The van der Waals surface area contributed by atoms with Gasteiger partial charge in [0.15, 0.2) is 0 Å². The van der Waals surface area contributed by atoms with Gasteiger partial charge in [0.25, 0.3) is 0 Å². The van der Waals surface area contributed by atoms with E-state index in [1.165, 1.54) is 23.9 Å². The standard InChI is InChI=1S/C22H19FN4OS2/c23-14-8-10-15(11-9-14)29-13-12-20(28)25-21-16-4-3-6-17(16)26-27(21)22-24-18-5-1-2-7-19(18)30-22/h1-2,5,7-11H,3-4,6,12-13H2,(H,25,28). The number of para-hydroxylation sites is 1. The van der Waals surface area contributed by atoms with Crippen molar-refractivity contribution < 1.29 is 9.18 Å². The zero-order chi connectivity index (χ0) is 20.5. The average Bonchev–Trinajstić information content (AvgIpc) is 3.44. The molecule has 0 spiro atoms. The lowest BCUT2D eigenvalue weighted by Gasteiger charge is -2.09. The van der Waals surface area contributed by atoms with Crippen molar-refractivity contribution in [3.63, 3.8) is 0 Å². The number of halogens is 1. The molecule has 2 aromatic heterocycles. The molecule has 0 saturated heterocycles. The minimum atomic E-state index is -0.256. The molecule has 2 heterocycles. The lowest BCUT2D eigenvalue weighted by Crippen LogP contribution is -2.16. The summed E-state index contributed by atoms with van der Waals surface area (Å²) >= 11 is 3.11. The summed E-state index contributed by atoms with van der Waals surface area (Å²) in [5.41, 5.74) is 3.10. The lowest BCUT2D eigenvalue weighted by molar-refractivity contribution is -0.115. The van der Waals surface area contributed by atoms with Gasteiger partial charge in [-0.05, 0) is 55.7 Å². The number of hydrogen-bond donors (Lipinski definition) is 1. The maximum Gasteiger partial charge on any atom is 0.226 e. The Balaban J connectivity index is 1.33. The number of hydrogen-bond acceptors (Lipinski definition) is 5. The quantitative estimate of drug-likeness (QED) is 0.419. The first-order valence-corrected chi connectivity index (χ1v) is 11.6. The Morgan fingerprint density at radius 1 is 1.17 bits per heavy atom. The van der Waals surface area contributed by atoms with E-state index in [-0.39, 0.29) is 11.7 Å². The zero-order valence-electron chi connectivity index (χ0n) is 16.1. The second-order valence-corrected chi connectivity index (χ2v) is 9.28. The van der Waals surface area contributed by atoms with Crippen LogP contribution in [0.25, 0.3) is 15.3 Å². The molecule has 0 unspecified atom stereocenters. The lowest BCUT2D eigenvalue weighted by atomic mass is 10.2. The summed E-state index contributed by atoms with van der Waals surface area (Å²) in [5, 5.41) is 8.60. The van der Waals surface area contributed by atoms with Crippen molar-refractivity contribution in [2.75, 3.05) is 11.1 Å². The van der Waals surface area contributed by atoms with Crippen LogP contribution in [0.15, 0.2) is 53.4 Å². The molecule has 1 aliphatic carbocycles. The SMILES string of the molecule is O=C(CCSc1ccc(F)cc1)Nc1c2c(nn1-c1nc3ccccc3s1)CCC2. The Morgan fingerprint density at radius 3 is 2.83 bits per heavy atom. The number of benzene rings is 2. The van der Waals surface area contributed by atoms with Crippen molar-refractivity contribution in [2.45, 2.75) is 30.6 Å². The number of aryl methyl sites for hydroxylation is 1. The van der Waals surface area contributed by atoms with Gasteiger partial charge in [-0.25, -0.2) is 9.37 Å². The van der Waals surface area contributed by atoms with Gasteiger partial charge in [0.2, 0.25) is 11.0 Å². The number of anilines is 1. The summed E-state index contributed by atoms with van der Waals surface area (Å²) < 4.78 is 15.9. The van der Waals surface area contributed by atoms with E-state index < -0.39 is 0 Å². The Hall–Kier alpha value is -2.71. The molecule has 1 N–H and O–H groups in total. The Morgan fingerprint density at radius 2 is 2.00 bits per heavy atom. The molecule has 0 radical (unpaired) electrons. The molecule has 5 nitrogen and oxygen atoms in total. The molecule has 1 aliphatic rings. The summed E-state index contributed by atoms with van der Waals surface area (Å²) in [5.74, 6) is 1.06. The molecule has 0 bridgehead atoms. The first-order chi connectivity index (χ1) is 14.7. The van der Waals surface area contributed by atoms with Gasteiger partial charge in [-0.15, -0.1) is 11.8 Å². The Bertz CT molecular complexity index is 1180. The van der Waals surface area contributed by atoms with Gasteiger partial charge >= 0.3 is 0 Å². The number of rotatable bonds is 6. The summed E-state index contributed by atoms with van der Waals surface area (Å²) in [7, 11) is 0. The predicted molar refractivity (Wildman–Crippen MR) is 119 cm³/mol. The number of nitrogens with one attached hydrogen (secondary N) is 1. The van der Waals surface area contributed by atoms with E-state index in [0.717, 1.165) is 56.6 Å². The molecule has 0 aliphatic heterocycles. The third-order valence-electron chi connectivity index (χ3n) is 5.04. The van der Waals surface area contributed by atoms with E-state index in [1.807, 2.05) is 24.3 Å². The van der Waals surface area contributed by atoms with Gasteiger partial charge in [-0.3, -0.25) is 4.79 Å². The van der Waals surface area contributed by atoms with Crippen LogP contribution in [-0.2, 0) is 17.6 Å². The number of nitrogens with zero attached hydrogens (tertiary/aromatic N) is 3. The summed E-state index contributed by atoms with van der Waals surface area (Å²) in [4.78, 5) is 18.3. The molecule has 0 fully saturated rings. The van der Waals surface area contributed by atoms with E-state index >= 15 is 0 Å². The van der Waals surface area contributed by atoms with Gasteiger partial charge in [0.1, 0.15) is 11.6 Å².